The van der Waals surface area contributed by atoms with Gasteiger partial charge in [-0.15, -0.1) is 0 Å². The summed E-state index contributed by atoms with van der Waals surface area (Å²) < 4.78 is 40.1. The number of hydrogen-bond acceptors (Lipinski definition) is 4. The van der Waals surface area contributed by atoms with Gasteiger partial charge in [-0.05, 0) is 56.0 Å². The fraction of sp³-hybridized carbons (Fsp3) is 0.455. The van der Waals surface area contributed by atoms with Crippen LogP contribution in [0, 0.1) is 5.92 Å². The molecule has 160 valence electrons. The fourth-order valence-corrected chi connectivity index (χ4v) is 4.35. The molecule has 5 nitrogen and oxygen atoms in total. The van der Waals surface area contributed by atoms with Crippen LogP contribution in [-0.2, 0) is 17.4 Å². The smallest absolute Gasteiger partial charge is 0.371 e. The van der Waals surface area contributed by atoms with Crippen LogP contribution in [-0.4, -0.2) is 37.1 Å². The molecule has 1 atom stereocenters. The van der Waals surface area contributed by atoms with Gasteiger partial charge in [0.05, 0.1) is 11.5 Å². The molecule has 3 heterocycles. The quantitative estimate of drug-likeness (QED) is 0.803. The first-order valence-electron chi connectivity index (χ1n) is 10.3. The Balaban J connectivity index is 1.48. The lowest BCUT2D eigenvalue weighted by Crippen LogP contribution is -2.42. The van der Waals surface area contributed by atoms with Crippen LogP contribution in [0.4, 0.5) is 30.4 Å². The SMILES string of the molecule is CCN1CCc2ccc(NC(=O)C3CCCN(c4ncccc4C(F)(F)F)C3)cc21. The minimum absolute atomic E-state index is 0.0985. The molecule has 1 amide bonds. The van der Waals surface area contributed by atoms with E-state index in [0.717, 1.165) is 37.0 Å². The highest BCUT2D eigenvalue weighted by Gasteiger charge is 2.37. The molecule has 1 unspecified atom stereocenters. The van der Waals surface area contributed by atoms with Crippen LogP contribution in [0.15, 0.2) is 36.5 Å². The average molecular weight is 418 g/mol. The lowest BCUT2D eigenvalue weighted by Gasteiger charge is -2.34. The third-order valence-electron chi connectivity index (χ3n) is 5.91. The molecule has 0 aliphatic carbocycles. The van der Waals surface area contributed by atoms with Crippen molar-refractivity contribution in [2.24, 2.45) is 5.92 Å². The zero-order chi connectivity index (χ0) is 21.3. The van der Waals surface area contributed by atoms with Crippen LogP contribution in [0.2, 0.25) is 0 Å². The van der Waals surface area contributed by atoms with Crippen molar-refractivity contribution in [3.8, 4) is 0 Å². The van der Waals surface area contributed by atoms with Crippen LogP contribution in [0.5, 0.6) is 0 Å². The first-order valence-corrected chi connectivity index (χ1v) is 10.3. The molecule has 1 saturated heterocycles. The summed E-state index contributed by atoms with van der Waals surface area (Å²) in [6.45, 7) is 4.66. The Morgan fingerprint density at radius 1 is 1.27 bits per heavy atom. The minimum Gasteiger partial charge on any atom is -0.371 e. The van der Waals surface area contributed by atoms with E-state index in [0.29, 0.717) is 19.4 Å². The van der Waals surface area contributed by atoms with Gasteiger partial charge in [-0.1, -0.05) is 6.07 Å². The van der Waals surface area contributed by atoms with Crippen LogP contribution in [0.3, 0.4) is 0 Å². The van der Waals surface area contributed by atoms with Crippen LogP contribution in [0.25, 0.3) is 0 Å². The van der Waals surface area contributed by atoms with Gasteiger partial charge < -0.3 is 15.1 Å². The van der Waals surface area contributed by atoms with Crippen molar-refractivity contribution in [1.82, 2.24) is 4.98 Å². The van der Waals surface area contributed by atoms with Gasteiger partial charge >= 0.3 is 6.18 Å². The maximum absolute atomic E-state index is 13.4. The number of carbonyl (C=O) groups is 1. The maximum atomic E-state index is 13.4. The Hall–Kier alpha value is -2.77. The molecule has 8 heteroatoms. The highest BCUT2D eigenvalue weighted by Crippen LogP contribution is 2.37. The van der Waals surface area contributed by atoms with E-state index in [1.54, 1.807) is 4.90 Å². The molecule has 0 radical (unpaired) electrons. The van der Waals surface area contributed by atoms with Gasteiger partial charge in [0.15, 0.2) is 0 Å². The summed E-state index contributed by atoms with van der Waals surface area (Å²) in [6, 6.07) is 8.25. The van der Waals surface area contributed by atoms with E-state index in [4.69, 9.17) is 0 Å². The van der Waals surface area contributed by atoms with Crippen molar-refractivity contribution in [2.45, 2.75) is 32.4 Å². The number of anilines is 3. The Labute approximate surface area is 173 Å². The van der Waals surface area contributed by atoms with Crippen molar-refractivity contribution < 1.29 is 18.0 Å². The van der Waals surface area contributed by atoms with Gasteiger partial charge in [-0.3, -0.25) is 4.79 Å². The standard InChI is InChI=1S/C22H25F3N4O/c1-2-28-12-9-15-7-8-17(13-19(15)28)27-21(30)16-5-4-11-29(14-16)20-18(22(23,24)25)6-3-10-26-20/h3,6-8,10,13,16H,2,4-5,9,11-12,14H2,1H3,(H,27,30). The minimum atomic E-state index is -4.48. The van der Waals surface area contributed by atoms with Gasteiger partial charge in [0, 0.05) is 43.8 Å². The lowest BCUT2D eigenvalue weighted by atomic mass is 9.96. The summed E-state index contributed by atoms with van der Waals surface area (Å²) in [7, 11) is 0. The molecule has 30 heavy (non-hydrogen) atoms. The lowest BCUT2D eigenvalue weighted by molar-refractivity contribution is -0.137. The highest BCUT2D eigenvalue weighted by atomic mass is 19.4. The number of pyridine rings is 1. The van der Waals surface area contributed by atoms with Crippen molar-refractivity contribution >= 4 is 23.1 Å². The summed E-state index contributed by atoms with van der Waals surface area (Å²) in [5.41, 5.74) is 2.38. The second-order valence-electron chi connectivity index (χ2n) is 7.82. The number of hydrogen-bond donors (Lipinski definition) is 1. The zero-order valence-corrected chi connectivity index (χ0v) is 16.9. The van der Waals surface area contributed by atoms with Gasteiger partial charge in [-0.2, -0.15) is 13.2 Å². The molecule has 0 spiro atoms. The summed E-state index contributed by atoms with van der Waals surface area (Å²) in [6.07, 6.45) is -0.838. The van der Waals surface area contributed by atoms with Gasteiger partial charge in [0.2, 0.25) is 5.91 Å². The third-order valence-corrected chi connectivity index (χ3v) is 5.91. The predicted octanol–water partition coefficient (Wildman–Crippen LogP) is 4.34. The number of halogens is 3. The average Bonchev–Trinajstić information content (AvgIpc) is 3.15. The number of piperidine rings is 1. The number of aromatic nitrogens is 1. The van der Waals surface area contributed by atoms with Crippen molar-refractivity contribution in [3.63, 3.8) is 0 Å². The van der Waals surface area contributed by atoms with Crippen molar-refractivity contribution in [3.05, 3.63) is 47.7 Å². The predicted molar refractivity (Wildman–Crippen MR) is 111 cm³/mol. The molecule has 2 aromatic rings. The number of rotatable bonds is 4. The molecular formula is C22H25F3N4O. The molecule has 1 aromatic carbocycles. The maximum Gasteiger partial charge on any atom is 0.419 e. The summed E-state index contributed by atoms with van der Waals surface area (Å²) in [5.74, 6) is -0.652. The number of nitrogens with one attached hydrogen (secondary N) is 1. The summed E-state index contributed by atoms with van der Waals surface area (Å²) >= 11 is 0. The van der Waals surface area contributed by atoms with E-state index in [-0.39, 0.29) is 18.3 Å². The Morgan fingerprint density at radius 2 is 2.10 bits per heavy atom. The number of benzene rings is 1. The molecule has 1 N–H and O–H groups in total. The Morgan fingerprint density at radius 3 is 2.87 bits per heavy atom. The number of fused-ring (bicyclic) bond motifs is 1. The number of carbonyl (C=O) groups excluding carboxylic acids is 1. The van der Waals surface area contributed by atoms with Crippen LogP contribution >= 0.6 is 0 Å². The van der Waals surface area contributed by atoms with E-state index in [1.165, 1.54) is 17.8 Å². The number of likely N-dealkylation sites (N-methyl/N-ethyl adjacent to an activating group) is 1. The summed E-state index contributed by atoms with van der Waals surface area (Å²) in [5, 5.41) is 2.97. The number of amides is 1. The third kappa shape index (κ3) is 4.08. The molecule has 2 aliphatic rings. The molecule has 0 bridgehead atoms. The number of nitrogens with zero attached hydrogens (tertiary/aromatic N) is 3. The van der Waals surface area contributed by atoms with E-state index < -0.39 is 17.7 Å². The highest BCUT2D eigenvalue weighted by molar-refractivity contribution is 5.93. The number of alkyl halides is 3. The van der Waals surface area contributed by atoms with Crippen LogP contribution in [0.1, 0.15) is 30.9 Å². The molecule has 4 rings (SSSR count). The van der Waals surface area contributed by atoms with Crippen molar-refractivity contribution in [2.75, 3.05) is 41.3 Å². The monoisotopic (exact) mass is 418 g/mol. The van der Waals surface area contributed by atoms with Gasteiger partial charge in [-0.25, -0.2) is 4.98 Å². The zero-order valence-electron chi connectivity index (χ0n) is 16.9. The van der Waals surface area contributed by atoms with E-state index in [1.807, 2.05) is 18.2 Å². The molecule has 1 aromatic heterocycles. The Bertz CT molecular complexity index is 931. The van der Waals surface area contributed by atoms with E-state index in [9.17, 15) is 18.0 Å². The van der Waals surface area contributed by atoms with E-state index >= 15 is 0 Å². The second-order valence-corrected chi connectivity index (χ2v) is 7.82. The normalized spacial score (nSPS) is 19.0. The Kier molecular flexibility index (Phi) is 5.58. The molecule has 2 aliphatic heterocycles. The second kappa shape index (κ2) is 8.16. The largest absolute Gasteiger partial charge is 0.419 e. The van der Waals surface area contributed by atoms with Gasteiger partial charge in [0.25, 0.3) is 0 Å². The first kappa shape index (κ1) is 20.5. The van der Waals surface area contributed by atoms with Gasteiger partial charge in [0.1, 0.15) is 5.82 Å². The topological polar surface area (TPSA) is 48.5 Å². The van der Waals surface area contributed by atoms with E-state index in [2.05, 4.69) is 22.1 Å². The van der Waals surface area contributed by atoms with Crippen LogP contribution < -0.4 is 15.1 Å². The molecular weight excluding hydrogens is 393 g/mol. The summed E-state index contributed by atoms with van der Waals surface area (Å²) in [4.78, 5) is 20.7. The van der Waals surface area contributed by atoms with Crippen molar-refractivity contribution in [1.29, 1.82) is 0 Å². The molecule has 1 fully saturated rings. The molecule has 0 saturated carbocycles. The first-order chi connectivity index (χ1) is 14.4. The fourth-order valence-electron chi connectivity index (χ4n) is 4.35.